The van der Waals surface area contributed by atoms with E-state index in [2.05, 4.69) is 21.3 Å². The number of thiocarbonyl (C=S) groups is 2. The van der Waals surface area contributed by atoms with Crippen molar-refractivity contribution in [1.29, 1.82) is 0 Å². The van der Waals surface area contributed by atoms with Crippen LogP contribution >= 0.6 is 24.4 Å². The van der Waals surface area contributed by atoms with Gasteiger partial charge in [0.1, 0.15) is 24.7 Å². The summed E-state index contributed by atoms with van der Waals surface area (Å²) < 4.78 is 11.6. The molecule has 0 saturated heterocycles. The molecular weight excluding hydrogens is 368 g/mol. The van der Waals surface area contributed by atoms with E-state index < -0.39 is 0 Å². The second kappa shape index (κ2) is 10.4. The second-order valence-corrected chi connectivity index (χ2v) is 5.91. The van der Waals surface area contributed by atoms with Crippen LogP contribution in [0.4, 0.5) is 11.4 Å². The molecular formula is C18H22N4O2S2. The standard InChI is InChI=1S/C18H22N4O2S2/c1-19-17(25)21-13-7-3-5-9-15(13)23-11-12-24-16-10-6-4-8-14(16)22-18(26)20-2/h3-10H,11-12H2,1-2H3,(H2,19,21,25)(H2,20,22,26). The van der Waals surface area contributed by atoms with Crippen LogP contribution in [0.2, 0.25) is 0 Å². The number of rotatable bonds is 7. The molecule has 0 atom stereocenters. The Labute approximate surface area is 164 Å². The predicted octanol–water partition coefficient (Wildman–Crippen LogP) is 2.98. The Morgan fingerprint density at radius 2 is 1.12 bits per heavy atom. The average molecular weight is 391 g/mol. The number of hydrogen-bond acceptors (Lipinski definition) is 4. The molecule has 0 radical (unpaired) electrons. The van der Waals surface area contributed by atoms with Crippen LogP contribution < -0.4 is 30.7 Å². The Morgan fingerprint density at radius 3 is 1.50 bits per heavy atom. The Balaban J connectivity index is 1.90. The first kappa shape index (κ1) is 19.7. The highest BCUT2D eigenvalue weighted by molar-refractivity contribution is 7.80. The molecule has 2 rings (SSSR count). The van der Waals surface area contributed by atoms with Crippen LogP contribution in [-0.2, 0) is 0 Å². The number of hydrogen-bond donors (Lipinski definition) is 4. The van der Waals surface area contributed by atoms with Crippen molar-refractivity contribution in [2.24, 2.45) is 0 Å². The molecule has 0 aliphatic rings. The maximum atomic E-state index is 5.81. The minimum Gasteiger partial charge on any atom is -0.488 e. The molecule has 26 heavy (non-hydrogen) atoms. The fourth-order valence-electron chi connectivity index (χ4n) is 2.06. The zero-order valence-corrected chi connectivity index (χ0v) is 16.3. The molecule has 0 aliphatic carbocycles. The Morgan fingerprint density at radius 1 is 0.731 bits per heavy atom. The summed E-state index contributed by atoms with van der Waals surface area (Å²) in [6, 6.07) is 15.2. The molecule has 2 aromatic carbocycles. The monoisotopic (exact) mass is 390 g/mol. The fourth-order valence-corrected chi connectivity index (χ4v) is 2.28. The Bertz CT molecular complexity index is 692. The summed E-state index contributed by atoms with van der Waals surface area (Å²) in [6.07, 6.45) is 0. The number of nitrogens with one attached hydrogen (secondary N) is 4. The molecule has 2 aromatic rings. The van der Waals surface area contributed by atoms with Gasteiger partial charge in [-0.2, -0.15) is 0 Å². The lowest BCUT2D eigenvalue weighted by Crippen LogP contribution is -2.25. The van der Waals surface area contributed by atoms with Crippen LogP contribution in [0, 0.1) is 0 Å². The third kappa shape index (κ3) is 6.05. The molecule has 138 valence electrons. The summed E-state index contributed by atoms with van der Waals surface area (Å²) in [5.74, 6) is 1.41. The molecule has 6 nitrogen and oxygen atoms in total. The van der Waals surface area contributed by atoms with Crippen molar-refractivity contribution in [1.82, 2.24) is 10.6 Å². The average Bonchev–Trinajstić information content (AvgIpc) is 2.67. The van der Waals surface area contributed by atoms with Crippen molar-refractivity contribution in [3.63, 3.8) is 0 Å². The van der Waals surface area contributed by atoms with Gasteiger partial charge in [-0.05, 0) is 48.7 Å². The summed E-state index contributed by atoms with van der Waals surface area (Å²) in [4.78, 5) is 0. The van der Waals surface area contributed by atoms with Gasteiger partial charge in [0.15, 0.2) is 10.2 Å². The molecule has 0 aliphatic heterocycles. The highest BCUT2D eigenvalue weighted by Gasteiger charge is 2.06. The minimum atomic E-state index is 0.385. The molecule has 0 spiro atoms. The van der Waals surface area contributed by atoms with E-state index >= 15 is 0 Å². The van der Waals surface area contributed by atoms with Crippen LogP contribution in [0.5, 0.6) is 11.5 Å². The third-order valence-electron chi connectivity index (χ3n) is 3.32. The van der Waals surface area contributed by atoms with E-state index in [0.29, 0.717) is 34.9 Å². The lowest BCUT2D eigenvalue weighted by Gasteiger charge is -2.15. The second-order valence-electron chi connectivity index (χ2n) is 5.10. The van der Waals surface area contributed by atoms with E-state index in [-0.39, 0.29) is 0 Å². The summed E-state index contributed by atoms with van der Waals surface area (Å²) in [6.45, 7) is 0.769. The van der Waals surface area contributed by atoms with Gasteiger partial charge in [0, 0.05) is 14.1 Å². The van der Waals surface area contributed by atoms with Gasteiger partial charge in [-0.1, -0.05) is 24.3 Å². The van der Waals surface area contributed by atoms with E-state index in [1.165, 1.54) is 0 Å². The predicted molar refractivity (Wildman–Crippen MR) is 114 cm³/mol. The first-order chi connectivity index (χ1) is 12.6. The zero-order valence-electron chi connectivity index (χ0n) is 14.7. The quantitative estimate of drug-likeness (QED) is 0.425. The first-order valence-corrected chi connectivity index (χ1v) is 8.87. The third-order valence-corrected chi connectivity index (χ3v) is 3.94. The Kier molecular flexibility index (Phi) is 7.91. The lowest BCUT2D eigenvalue weighted by molar-refractivity contribution is 0.218. The van der Waals surface area contributed by atoms with E-state index in [4.69, 9.17) is 33.9 Å². The normalized spacial score (nSPS) is 9.77. The maximum absolute atomic E-state index is 5.81. The summed E-state index contributed by atoms with van der Waals surface area (Å²) in [5.41, 5.74) is 1.60. The van der Waals surface area contributed by atoms with Crippen molar-refractivity contribution in [2.75, 3.05) is 37.9 Å². The number of anilines is 2. The van der Waals surface area contributed by atoms with Gasteiger partial charge in [-0.15, -0.1) is 0 Å². The van der Waals surface area contributed by atoms with E-state index in [9.17, 15) is 0 Å². The molecule has 4 N–H and O–H groups in total. The highest BCUT2D eigenvalue weighted by atomic mass is 32.1. The summed E-state index contributed by atoms with van der Waals surface area (Å²) >= 11 is 10.3. The van der Waals surface area contributed by atoms with Crippen LogP contribution in [0.15, 0.2) is 48.5 Å². The fraction of sp³-hybridized carbons (Fsp3) is 0.222. The molecule has 0 saturated carbocycles. The molecule has 0 aromatic heterocycles. The van der Waals surface area contributed by atoms with Gasteiger partial charge in [-0.3, -0.25) is 0 Å². The van der Waals surface area contributed by atoms with Crippen molar-refractivity contribution in [3.8, 4) is 11.5 Å². The van der Waals surface area contributed by atoms with Crippen LogP contribution in [-0.4, -0.2) is 37.5 Å². The topological polar surface area (TPSA) is 66.6 Å². The summed E-state index contributed by atoms with van der Waals surface area (Å²) in [7, 11) is 3.52. The molecule has 8 heteroatoms. The number of ether oxygens (including phenoxy) is 2. The van der Waals surface area contributed by atoms with Gasteiger partial charge >= 0.3 is 0 Å². The van der Waals surface area contributed by atoms with Crippen LogP contribution in [0.1, 0.15) is 0 Å². The van der Waals surface area contributed by atoms with Crippen molar-refractivity contribution < 1.29 is 9.47 Å². The van der Waals surface area contributed by atoms with Gasteiger partial charge in [-0.25, -0.2) is 0 Å². The maximum Gasteiger partial charge on any atom is 0.170 e. The van der Waals surface area contributed by atoms with Gasteiger partial charge in [0.25, 0.3) is 0 Å². The summed E-state index contributed by atoms with van der Waals surface area (Å²) in [5, 5.41) is 13.0. The molecule has 0 unspecified atom stereocenters. The van der Waals surface area contributed by atoms with E-state index in [0.717, 1.165) is 11.4 Å². The first-order valence-electron chi connectivity index (χ1n) is 8.05. The zero-order chi connectivity index (χ0) is 18.8. The number of benzene rings is 2. The Hall–Kier alpha value is -2.58. The molecule has 0 bridgehead atoms. The lowest BCUT2D eigenvalue weighted by atomic mass is 10.3. The van der Waals surface area contributed by atoms with Gasteiger partial charge in [0.2, 0.25) is 0 Å². The van der Waals surface area contributed by atoms with Gasteiger partial charge < -0.3 is 30.7 Å². The smallest absolute Gasteiger partial charge is 0.170 e. The van der Waals surface area contributed by atoms with Crippen LogP contribution in [0.3, 0.4) is 0 Å². The van der Waals surface area contributed by atoms with Crippen molar-refractivity contribution in [2.45, 2.75) is 0 Å². The van der Waals surface area contributed by atoms with Crippen molar-refractivity contribution >= 4 is 46.0 Å². The number of para-hydroxylation sites is 4. The SMILES string of the molecule is CNC(=S)Nc1ccccc1OCCOc1ccccc1NC(=S)NC. The largest absolute Gasteiger partial charge is 0.488 e. The molecule has 0 fully saturated rings. The highest BCUT2D eigenvalue weighted by Crippen LogP contribution is 2.25. The molecule has 0 heterocycles. The van der Waals surface area contributed by atoms with Crippen LogP contribution in [0.25, 0.3) is 0 Å². The van der Waals surface area contributed by atoms with Crippen molar-refractivity contribution in [3.05, 3.63) is 48.5 Å². The van der Waals surface area contributed by atoms with Gasteiger partial charge in [0.05, 0.1) is 11.4 Å². The molecule has 0 amide bonds. The minimum absolute atomic E-state index is 0.385. The van der Waals surface area contributed by atoms with E-state index in [1.807, 2.05) is 48.5 Å². The van der Waals surface area contributed by atoms with E-state index in [1.54, 1.807) is 14.1 Å².